The Morgan fingerprint density at radius 3 is 2.67 bits per heavy atom. The SMILES string of the molecule is Cc1ccccc1-c1cc2ccccc2n1C1=NCCN1. The normalized spacial score (nSPS) is 14.2. The van der Waals surface area contributed by atoms with Gasteiger partial charge < -0.3 is 5.32 Å². The summed E-state index contributed by atoms with van der Waals surface area (Å²) in [4.78, 5) is 4.61. The highest BCUT2D eigenvalue weighted by molar-refractivity contribution is 6.00. The highest BCUT2D eigenvalue weighted by Gasteiger charge is 2.17. The van der Waals surface area contributed by atoms with Gasteiger partial charge in [-0.3, -0.25) is 9.56 Å². The first-order valence-electron chi connectivity index (χ1n) is 7.30. The molecule has 0 fully saturated rings. The fourth-order valence-electron chi connectivity index (χ4n) is 2.98. The Kier molecular flexibility index (Phi) is 2.78. The van der Waals surface area contributed by atoms with E-state index in [-0.39, 0.29) is 0 Å². The van der Waals surface area contributed by atoms with E-state index in [1.54, 1.807) is 0 Å². The summed E-state index contributed by atoms with van der Waals surface area (Å²) in [7, 11) is 0. The summed E-state index contributed by atoms with van der Waals surface area (Å²) in [6, 6.07) is 19.2. The van der Waals surface area contributed by atoms with Gasteiger partial charge in [-0.05, 0) is 24.6 Å². The molecule has 0 spiro atoms. The molecular formula is C18H17N3. The van der Waals surface area contributed by atoms with E-state index in [0.29, 0.717) is 0 Å². The van der Waals surface area contributed by atoms with Crippen LogP contribution in [0, 0.1) is 6.92 Å². The lowest BCUT2D eigenvalue weighted by atomic mass is 10.1. The van der Waals surface area contributed by atoms with Crippen LogP contribution in [0.3, 0.4) is 0 Å². The van der Waals surface area contributed by atoms with E-state index >= 15 is 0 Å². The smallest absolute Gasteiger partial charge is 0.203 e. The maximum Gasteiger partial charge on any atom is 0.203 e. The summed E-state index contributed by atoms with van der Waals surface area (Å²) in [6.45, 7) is 3.91. The maximum absolute atomic E-state index is 4.61. The van der Waals surface area contributed by atoms with Crippen molar-refractivity contribution < 1.29 is 0 Å². The second-order valence-electron chi connectivity index (χ2n) is 5.37. The number of nitrogens with one attached hydrogen (secondary N) is 1. The largest absolute Gasteiger partial charge is 0.354 e. The van der Waals surface area contributed by atoms with Gasteiger partial charge in [-0.25, -0.2) is 0 Å². The summed E-state index contributed by atoms with van der Waals surface area (Å²) < 4.78 is 2.24. The fraction of sp³-hybridized carbons (Fsp3) is 0.167. The van der Waals surface area contributed by atoms with Gasteiger partial charge >= 0.3 is 0 Å². The van der Waals surface area contributed by atoms with Crippen LogP contribution in [-0.2, 0) is 0 Å². The molecule has 0 unspecified atom stereocenters. The van der Waals surface area contributed by atoms with Gasteiger partial charge in [0.05, 0.1) is 17.8 Å². The quantitative estimate of drug-likeness (QED) is 0.724. The molecule has 1 N–H and O–H groups in total. The molecule has 0 saturated heterocycles. The molecule has 0 radical (unpaired) electrons. The first-order chi connectivity index (χ1) is 10.3. The lowest BCUT2D eigenvalue weighted by Gasteiger charge is -2.12. The molecule has 0 amide bonds. The Bertz CT molecular complexity index is 843. The van der Waals surface area contributed by atoms with E-state index in [0.717, 1.165) is 19.0 Å². The van der Waals surface area contributed by atoms with Crippen LogP contribution in [0.1, 0.15) is 5.56 Å². The molecular weight excluding hydrogens is 258 g/mol. The Hall–Kier alpha value is -2.55. The van der Waals surface area contributed by atoms with E-state index in [1.165, 1.54) is 27.7 Å². The Morgan fingerprint density at radius 2 is 1.86 bits per heavy atom. The molecule has 4 rings (SSSR count). The van der Waals surface area contributed by atoms with E-state index in [4.69, 9.17) is 0 Å². The summed E-state index contributed by atoms with van der Waals surface area (Å²) in [6.07, 6.45) is 0. The van der Waals surface area contributed by atoms with Gasteiger partial charge in [-0.1, -0.05) is 42.5 Å². The highest BCUT2D eigenvalue weighted by atomic mass is 15.3. The average Bonchev–Trinajstić information content (AvgIpc) is 3.14. The van der Waals surface area contributed by atoms with Crippen LogP contribution < -0.4 is 5.32 Å². The number of aromatic nitrogens is 1. The van der Waals surface area contributed by atoms with Crippen molar-refractivity contribution in [3.8, 4) is 11.3 Å². The molecule has 0 atom stereocenters. The van der Waals surface area contributed by atoms with E-state index < -0.39 is 0 Å². The van der Waals surface area contributed by atoms with E-state index in [9.17, 15) is 0 Å². The molecule has 3 nitrogen and oxygen atoms in total. The predicted molar refractivity (Wildman–Crippen MR) is 87.8 cm³/mol. The van der Waals surface area contributed by atoms with Crippen LogP contribution in [0.25, 0.3) is 22.2 Å². The summed E-state index contributed by atoms with van der Waals surface area (Å²) in [5, 5.41) is 4.64. The molecule has 21 heavy (non-hydrogen) atoms. The molecule has 0 bridgehead atoms. The van der Waals surface area contributed by atoms with Gasteiger partial charge in [0.25, 0.3) is 0 Å². The average molecular weight is 275 g/mol. The van der Waals surface area contributed by atoms with Crippen molar-refractivity contribution in [1.82, 2.24) is 9.88 Å². The summed E-state index contributed by atoms with van der Waals surface area (Å²) >= 11 is 0. The Morgan fingerprint density at radius 1 is 1.05 bits per heavy atom. The first-order valence-corrected chi connectivity index (χ1v) is 7.30. The van der Waals surface area contributed by atoms with Crippen LogP contribution in [0.2, 0.25) is 0 Å². The minimum atomic E-state index is 0.842. The standard InChI is InChI=1S/C18H17N3/c1-13-6-2-4-8-15(13)17-12-14-7-3-5-9-16(14)21(17)18-19-10-11-20-18/h2-9,12H,10-11H2,1H3,(H,19,20). The van der Waals surface area contributed by atoms with Gasteiger partial charge in [0.15, 0.2) is 0 Å². The molecule has 1 aliphatic heterocycles. The van der Waals surface area contributed by atoms with Crippen LogP contribution in [0.15, 0.2) is 59.6 Å². The van der Waals surface area contributed by atoms with Crippen molar-refractivity contribution in [1.29, 1.82) is 0 Å². The number of nitrogens with zero attached hydrogens (tertiary/aromatic N) is 2. The minimum absolute atomic E-state index is 0.842. The van der Waals surface area contributed by atoms with Crippen molar-refractivity contribution in [3.05, 3.63) is 60.2 Å². The van der Waals surface area contributed by atoms with Gasteiger partial charge in [0.1, 0.15) is 0 Å². The molecule has 104 valence electrons. The Balaban J connectivity index is 2.04. The van der Waals surface area contributed by atoms with Crippen molar-refractivity contribution in [2.75, 3.05) is 13.1 Å². The molecule has 3 aromatic rings. The van der Waals surface area contributed by atoms with Crippen LogP contribution >= 0.6 is 0 Å². The van der Waals surface area contributed by atoms with Gasteiger partial charge in [-0.2, -0.15) is 0 Å². The molecule has 2 aromatic carbocycles. The first kappa shape index (κ1) is 12.2. The second kappa shape index (κ2) is 4.77. The fourth-order valence-corrected chi connectivity index (χ4v) is 2.98. The number of para-hydroxylation sites is 1. The molecule has 0 saturated carbocycles. The van der Waals surface area contributed by atoms with Crippen molar-refractivity contribution in [3.63, 3.8) is 0 Å². The zero-order valence-electron chi connectivity index (χ0n) is 12.0. The molecule has 0 aliphatic carbocycles. The van der Waals surface area contributed by atoms with Crippen LogP contribution in [0.5, 0.6) is 0 Å². The van der Waals surface area contributed by atoms with E-state index in [1.807, 2.05) is 0 Å². The minimum Gasteiger partial charge on any atom is -0.354 e. The van der Waals surface area contributed by atoms with Gasteiger partial charge in [0, 0.05) is 17.5 Å². The summed E-state index contributed by atoms with van der Waals surface area (Å²) in [5.74, 6) is 0.953. The number of fused-ring (bicyclic) bond motifs is 1. The Labute approximate surface area is 123 Å². The van der Waals surface area contributed by atoms with E-state index in [2.05, 4.69) is 76.4 Å². The zero-order valence-corrected chi connectivity index (χ0v) is 12.0. The van der Waals surface area contributed by atoms with Crippen molar-refractivity contribution in [2.45, 2.75) is 6.92 Å². The number of hydrogen-bond acceptors (Lipinski definition) is 2. The maximum atomic E-state index is 4.61. The van der Waals surface area contributed by atoms with Crippen molar-refractivity contribution in [2.24, 2.45) is 4.99 Å². The monoisotopic (exact) mass is 275 g/mol. The number of aliphatic imine (C=N–C) groups is 1. The van der Waals surface area contributed by atoms with Gasteiger partial charge in [0.2, 0.25) is 5.96 Å². The lowest BCUT2D eigenvalue weighted by Crippen LogP contribution is -2.26. The third-order valence-corrected chi connectivity index (χ3v) is 4.00. The van der Waals surface area contributed by atoms with Crippen molar-refractivity contribution >= 4 is 16.9 Å². The molecule has 2 heterocycles. The van der Waals surface area contributed by atoms with Crippen LogP contribution in [0.4, 0.5) is 0 Å². The third-order valence-electron chi connectivity index (χ3n) is 4.00. The molecule has 1 aromatic heterocycles. The molecule has 1 aliphatic rings. The topological polar surface area (TPSA) is 29.3 Å². The van der Waals surface area contributed by atoms with Crippen LogP contribution in [-0.4, -0.2) is 23.6 Å². The number of benzene rings is 2. The summed E-state index contributed by atoms with van der Waals surface area (Å²) in [5.41, 5.74) is 4.93. The second-order valence-corrected chi connectivity index (χ2v) is 5.37. The number of aryl methyl sites for hydroxylation is 1. The van der Waals surface area contributed by atoms with Gasteiger partial charge in [-0.15, -0.1) is 0 Å². The number of hydrogen-bond donors (Lipinski definition) is 1. The lowest BCUT2D eigenvalue weighted by molar-refractivity contribution is 0.945. The highest BCUT2D eigenvalue weighted by Crippen LogP contribution is 2.30. The number of rotatable bonds is 1. The molecule has 3 heteroatoms. The third kappa shape index (κ3) is 1.93. The zero-order chi connectivity index (χ0) is 14.2. The predicted octanol–water partition coefficient (Wildman–Crippen LogP) is 3.42.